The molecule has 128 valence electrons. The molecule has 0 atom stereocenters. The topological polar surface area (TPSA) is 64.4 Å². The smallest absolute Gasteiger partial charge is 0.216 e. The molecule has 2 aromatic carbocycles. The number of nitrogens with one attached hydrogen (secondary N) is 1. The highest BCUT2D eigenvalue weighted by Crippen LogP contribution is 2.28. The summed E-state index contributed by atoms with van der Waals surface area (Å²) < 4.78 is 26.5. The van der Waals surface area contributed by atoms with Crippen molar-refractivity contribution in [2.24, 2.45) is 5.10 Å². The van der Waals surface area contributed by atoms with E-state index in [2.05, 4.69) is 15.3 Å². The fourth-order valence-corrected chi connectivity index (χ4v) is 2.26. The van der Waals surface area contributed by atoms with E-state index < -0.39 is 0 Å². The Morgan fingerprint density at radius 2 is 2.12 bits per heavy atom. The van der Waals surface area contributed by atoms with Crippen molar-refractivity contribution in [3.05, 3.63) is 70.5 Å². The molecule has 3 aromatic rings. The summed E-state index contributed by atoms with van der Waals surface area (Å²) in [5, 5.41) is 10.6. The third-order valence-electron chi connectivity index (χ3n) is 3.40. The van der Waals surface area contributed by atoms with Crippen LogP contribution in [-0.2, 0) is 6.61 Å². The van der Waals surface area contributed by atoms with Crippen molar-refractivity contribution in [3.63, 3.8) is 0 Å². The zero-order valence-electron chi connectivity index (χ0n) is 13.3. The summed E-state index contributed by atoms with van der Waals surface area (Å²) in [6.45, 7) is 0.112. The highest BCUT2D eigenvalue weighted by molar-refractivity contribution is 7.71. The standard InChI is InChI=1S/C17H15FN4O2S/c1-23-16-8-12(9-20-22-11-19-21-17(22)25)6-7-15(16)24-10-13-4-2-3-5-14(13)18/h2-9,11H,10H2,1H3,(H,21,25). The molecule has 0 unspecified atom stereocenters. The van der Waals surface area contributed by atoms with Crippen LogP contribution >= 0.6 is 12.2 Å². The molecule has 0 aliphatic heterocycles. The van der Waals surface area contributed by atoms with Gasteiger partial charge < -0.3 is 9.47 Å². The molecule has 0 aliphatic carbocycles. The van der Waals surface area contributed by atoms with Crippen LogP contribution in [0.2, 0.25) is 0 Å². The number of aromatic nitrogens is 3. The summed E-state index contributed by atoms with van der Waals surface area (Å²) in [5.74, 6) is 0.737. The second kappa shape index (κ2) is 7.71. The normalized spacial score (nSPS) is 11.0. The van der Waals surface area contributed by atoms with Crippen LogP contribution in [0.15, 0.2) is 53.9 Å². The summed E-state index contributed by atoms with van der Waals surface area (Å²) in [5.41, 5.74) is 1.27. The zero-order chi connectivity index (χ0) is 17.6. The average molecular weight is 358 g/mol. The van der Waals surface area contributed by atoms with Gasteiger partial charge in [-0.2, -0.15) is 14.9 Å². The van der Waals surface area contributed by atoms with E-state index in [4.69, 9.17) is 21.7 Å². The third kappa shape index (κ3) is 4.10. The van der Waals surface area contributed by atoms with Crippen molar-refractivity contribution >= 4 is 18.4 Å². The summed E-state index contributed by atoms with van der Waals surface area (Å²) in [7, 11) is 1.54. The van der Waals surface area contributed by atoms with Gasteiger partial charge in [0.25, 0.3) is 0 Å². The van der Waals surface area contributed by atoms with E-state index in [-0.39, 0.29) is 12.4 Å². The quantitative estimate of drug-likeness (QED) is 0.541. The fourth-order valence-electron chi connectivity index (χ4n) is 2.11. The average Bonchev–Trinajstić information content (AvgIpc) is 3.04. The van der Waals surface area contributed by atoms with Gasteiger partial charge in [0, 0.05) is 5.56 Å². The molecule has 0 aliphatic rings. The van der Waals surface area contributed by atoms with Gasteiger partial charge >= 0.3 is 0 Å². The maximum atomic E-state index is 13.7. The number of ether oxygens (including phenoxy) is 2. The minimum Gasteiger partial charge on any atom is -0.493 e. The Bertz CT molecular complexity index is 952. The van der Waals surface area contributed by atoms with Crippen molar-refractivity contribution in [1.29, 1.82) is 0 Å². The van der Waals surface area contributed by atoms with Gasteiger partial charge in [-0.15, -0.1) is 0 Å². The maximum Gasteiger partial charge on any atom is 0.216 e. The van der Waals surface area contributed by atoms with Crippen LogP contribution in [0.25, 0.3) is 0 Å². The molecule has 8 heteroatoms. The monoisotopic (exact) mass is 358 g/mol. The van der Waals surface area contributed by atoms with Crippen molar-refractivity contribution in [2.75, 3.05) is 7.11 Å². The molecule has 1 aromatic heterocycles. The zero-order valence-corrected chi connectivity index (χ0v) is 14.2. The number of hydrogen-bond donors (Lipinski definition) is 1. The van der Waals surface area contributed by atoms with Crippen LogP contribution in [0.3, 0.4) is 0 Å². The van der Waals surface area contributed by atoms with Crippen LogP contribution in [0.1, 0.15) is 11.1 Å². The molecule has 0 saturated heterocycles. The molecule has 1 heterocycles. The molecule has 6 nitrogen and oxygen atoms in total. The largest absolute Gasteiger partial charge is 0.493 e. The van der Waals surface area contributed by atoms with Gasteiger partial charge in [0.15, 0.2) is 11.5 Å². The Labute approximate surface area is 148 Å². The Morgan fingerprint density at radius 3 is 2.84 bits per heavy atom. The second-order valence-electron chi connectivity index (χ2n) is 5.04. The molecule has 0 radical (unpaired) electrons. The Hall–Kier alpha value is -3.00. The predicted molar refractivity (Wildman–Crippen MR) is 94.1 cm³/mol. The molecule has 1 N–H and O–H groups in total. The van der Waals surface area contributed by atoms with E-state index in [0.717, 1.165) is 5.56 Å². The number of nitrogens with zero attached hydrogens (tertiary/aromatic N) is 3. The summed E-state index contributed by atoms with van der Waals surface area (Å²) >= 11 is 5.02. The summed E-state index contributed by atoms with van der Waals surface area (Å²) in [6, 6.07) is 11.8. The van der Waals surface area contributed by atoms with Gasteiger partial charge in [-0.25, -0.2) is 4.39 Å². The van der Waals surface area contributed by atoms with Crippen LogP contribution in [0.5, 0.6) is 11.5 Å². The highest BCUT2D eigenvalue weighted by Gasteiger charge is 2.07. The first-order valence-electron chi connectivity index (χ1n) is 7.38. The van der Waals surface area contributed by atoms with E-state index in [1.54, 1.807) is 43.7 Å². The fraction of sp³-hybridized carbons (Fsp3) is 0.118. The first-order chi connectivity index (χ1) is 12.2. The van der Waals surface area contributed by atoms with Gasteiger partial charge in [-0.3, -0.25) is 5.10 Å². The van der Waals surface area contributed by atoms with Gasteiger partial charge in [0.05, 0.1) is 13.3 Å². The lowest BCUT2D eigenvalue weighted by molar-refractivity contribution is 0.279. The van der Waals surface area contributed by atoms with E-state index in [0.29, 0.717) is 21.8 Å². The lowest BCUT2D eigenvalue weighted by atomic mass is 10.2. The van der Waals surface area contributed by atoms with E-state index in [1.807, 2.05) is 6.07 Å². The van der Waals surface area contributed by atoms with E-state index in [1.165, 1.54) is 17.1 Å². The molecule has 0 saturated carbocycles. The molecule has 0 spiro atoms. The molecule has 25 heavy (non-hydrogen) atoms. The van der Waals surface area contributed by atoms with Gasteiger partial charge in [-0.1, -0.05) is 18.2 Å². The van der Waals surface area contributed by atoms with Gasteiger partial charge in [-0.05, 0) is 42.0 Å². The van der Waals surface area contributed by atoms with Crippen LogP contribution in [0.4, 0.5) is 4.39 Å². The van der Waals surface area contributed by atoms with Crippen molar-refractivity contribution < 1.29 is 13.9 Å². The summed E-state index contributed by atoms with van der Waals surface area (Å²) in [6.07, 6.45) is 3.09. The molecular weight excluding hydrogens is 343 g/mol. The van der Waals surface area contributed by atoms with Crippen molar-refractivity contribution in [1.82, 2.24) is 14.9 Å². The van der Waals surface area contributed by atoms with Crippen molar-refractivity contribution in [2.45, 2.75) is 6.61 Å². The molecule has 0 amide bonds. The lowest BCUT2D eigenvalue weighted by Crippen LogP contribution is -2.00. The Kier molecular flexibility index (Phi) is 5.20. The number of H-pyrrole nitrogens is 1. The van der Waals surface area contributed by atoms with Gasteiger partial charge in [0.2, 0.25) is 4.77 Å². The number of methoxy groups -OCH3 is 1. The second-order valence-corrected chi connectivity index (χ2v) is 5.43. The summed E-state index contributed by atoms with van der Waals surface area (Å²) in [4.78, 5) is 0. The number of rotatable bonds is 6. The Balaban J connectivity index is 1.75. The Morgan fingerprint density at radius 1 is 1.28 bits per heavy atom. The molecule has 0 fully saturated rings. The van der Waals surface area contributed by atoms with Crippen LogP contribution < -0.4 is 9.47 Å². The van der Waals surface area contributed by atoms with E-state index >= 15 is 0 Å². The SMILES string of the molecule is COc1cc(C=Nn2cn[nH]c2=S)ccc1OCc1ccccc1F. The molecular formula is C17H15FN4O2S. The van der Waals surface area contributed by atoms with E-state index in [9.17, 15) is 4.39 Å². The highest BCUT2D eigenvalue weighted by atomic mass is 32.1. The minimum absolute atomic E-state index is 0.112. The minimum atomic E-state index is -0.304. The van der Waals surface area contributed by atoms with Gasteiger partial charge in [0.1, 0.15) is 18.8 Å². The molecule has 3 rings (SSSR count). The number of halogens is 1. The first kappa shape index (κ1) is 16.8. The maximum absolute atomic E-state index is 13.7. The number of hydrogen-bond acceptors (Lipinski definition) is 5. The number of benzene rings is 2. The van der Waals surface area contributed by atoms with Crippen LogP contribution in [-0.4, -0.2) is 28.2 Å². The predicted octanol–water partition coefficient (Wildman–Crippen LogP) is 3.55. The third-order valence-corrected chi connectivity index (χ3v) is 3.67. The number of aromatic amines is 1. The first-order valence-corrected chi connectivity index (χ1v) is 7.79. The molecule has 0 bridgehead atoms. The van der Waals surface area contributed by atoms with Crippen molar-refractivity contribution in [3.8, 4) is 11.5 Å². The van der Waals surface area contributed by atoms with Crippen LogP contribution in [0, 0.1) is 10.6 Å². The lowest BCUT2D eigenvalue weighted by Gasteiger charge is -2.11.